The Morgan fingerprint density at radius 2 is 1.96 bits per heavy atom. The average molecular weight is 457 g/mol. The summed E-state index contributed by atoms with van der Waals surface area (Å²) in [4.78, 5) is 10.8. The van der Waals surface area contributed by atoms with Crippen LogP contribution in [-0.2, 0) is 0 Å². The number of nitriles is 1. The monoisotopic (exact) mass is 455 g/mol. The third kappa shape index (κ3) is 2.97. The Kier molecular flexibility index (Phi) is 4.46. The van der Waals surface area contributed by atoms with E-state index in [1.165, 1.54) is 12.1 Å². The summed E-state index contributed by atoms with van der Waals surface area (Å²) in [5.41, 5.74) is 7.20. The second-order valence-electron chi connectivity index (χ2n) is 6.27. The number of allylic oxidation sites excluding steroid dienone is 1. The van der Waals surface area contributed by atoms with Crippen molar-refractivity contribution in [1.82, 2.24) is 0 Å². The number of halogens is 2. The second-order valence-corrected chi connectivity index (χ2v) is 7.60. The van der Waals surface area contributed by atoms with Crippen LogP contribution >= 0.6 is 27.5 Å². The molecule has 0 aliphatic carbocycles. The molecule has 0 saturated carbocycles. The van der Waals surface area contributed by atoms with Crippen molar-refractivity contribution in [3.05, 3.63) is 90.7 Å². The number of hydrogen-bond acceptors (Lipinski definition) is 5. The van der Waals surface area contributed by atoms with E-state index in [1.54, 1.807) is 6.07 Å². The van der Waals surface area contributed by atoms with Crippen molar-refractivity contribution in [3.8, 4) is 11.8 Å². The minimum absolute atomic E-state index is 0.0194. The fraction of sp³-hybridized carbons (Fsp3) is 0.0500. The molecule has 0 aromatic heterocycles. The highest BCUT2D eigenvalue weighted by Gasteiger charge is 2.32. The normalized spacial score (nSPS) is 15.7. The van der Waals surface area contributed by atoms with E-state index in [0.717, 1.165) is 15.2 Å². The largest absolute Gasteiger partial charge is 0.440 e. The van der Waals surface area contributed by atoms with E-state index in [0.29, 0.717) is 16.9 Å². The number of hydrogen-bond donors (Lipinski definition) is 1. The van der Waals surface area contributed by atoms with Crippen LogP contribution in [0.3, 0.4) is 0 Å². The number of fused-ring (bicyclic) bond motifs is 2. The van der Waals surface area contributed by atoms with Crippen molar-refractivity contribution in [2.24, 2.45) is 5.73 Å². The molecule has 1 heterocycles. The number of ether oxygens (including phenoxy) is 1. The van der Waals surface area contributed by atoms with Crippen LogP contribution in [0, 0.1) is 21.4 Å². The average Bonchev–Trinajstić information content (AvgIpc) is 2.66. The van der Waals surface area contributed by atoms with Crippen LogP contribution in [-0.4, -0.2) is 4.92 Å². The molecule has 0 saturated heterocycles. The molecule has 0 fully saturated rings. The zero-order chi connectivity index (χ0) is 20.0. The van der Waals surface area contributed by atoms with E-state index in [1.807, 2.05) is 30.3 Å². The molecule has 4 rings (SSSR count). The van der Waals surface area contributed by atoms with Gasteiger partial charge in [0.1, 0.15) is 22.4 Å². The second kappa shape index (κ2) is 6.82. The molecular formula is C20H11BrClN3O3. The van der Waals surface area contributed by atoms with Crippen molar-refractivity contribution in [3.63, 3.8) is 0 Å². The van der Waals surface area contributed by atoms with Gasteiger partial charge in [-0.2, -0.15) is 5.26 Å². The van der Waals surface area contributed by atoms with Gasteiger partial charge < -0.3 is 10.5 Å². The fourth-order valence-corrected chi connectivity index (χ4v) is 3.93. The quantitative estimate of drug-likeness (QED) is 0.412. The highest BCUT2D eigenvalue weighted by atomic mass is 79.9. The summed E-state index contributed by atoms with van der Waals surface area (Å²) >= 11 is 9.41. The summed E-state index contributed by atoms with van der Waals surface area (Å²) in [5, 5.41) is 22.9. The summed E-state index contributed by atoms with van der Waals surface area (Å²) in [6.07, 6.45) is 0. The Morgan fingerprint density at radius 3 is 2.68 bits per heavy atom. The Balaban J connectivity index is 1.99. The molecule has 3 aromatic carbocycles. The molecule has 6 nitrogen and oxygen atoms in total. The van der Waals surface area contributed by atoms with Crippen LogP contribution in [0.1, 0.15) is 17.0 Å². The van der Waals surface area contributed by atoms with E-state index >= 15 is 0 Å². The van der Waals surface area contributed by atoms with Crippen molar-refractivity contribution in [2.45, 2.75) is 5.92 Å². The highest BCUT2D eigenvalue weighted by Crippen LogP contribution is 2.45. The summed E-state index contributed by atoms with van der Waals surface area (Å²) < 4.78 is 6.60. The van der Waals surface area contributed by atoms with Crippen LogP contribution in [0.15, 0.2) is 64.5 Å². The zero-order valence-corrected chi connectivity index (χ0v) is 16.5. The van der Waals surface area contributed by atoms with E-state index in [4.69, 9.17) is 22.1 Å². The molecule has 2 N–H and O–H groups in total. The number of nitrogens with zero attached hydrogens (tertiary/aromatic N) is 2. The van der Waals surface area contributed by atoms with Gasteiger partial charge in [0, 0.05) is 16.1 Å². The SMILES string of the molecule is N#CC1=C(N)Oc2cc3ccc(Br)cc3cc2[C@@H]1c1ccc(Cl)c([N+](=O)[O-])c1. The Hall–Kier alpha value is -3.08. The smallest absolute Gasteiger partial charge is 0.288 e. The van der Waals surface area contributed by atoms with Crippen LogP contribution in [0.5, 0.6) is 5.75 Å². The van der Waals surface area contributed by atoms with Gasteiger partial charge in [-0.25, -0.2) is 0 Å². The van der Waals surface area contributed by atoms with Crippen molar-refractivity contribution in [1.29, 1.82) is 5.26 Å². The number of nitro groups is 1. The molecule has 0 unspecified atom stereocenters. The lowest BCUT2D eigenvalue weighted by Gasteiger charge is -2.27. The lowest BCUT2D eigenvalue weighted by molar-refractivity contribution is -0.384. The predicted octanol–water partition coefficient (Wildman–Crippen LogP) is 5.38. The maximum absolute atomic E-state index is 11.3. The molecule has 138 valence electrons. The van der Waals surface area contributed by atoms with Gasteiger partial charge in [0.05, 0.1) is 10.8 Å². The summed E-state index contributed by atoms with van der Waals surface area (Å²) in [7, 11) is 0. The number of nitrogens with two attached hydrogens (primary N) is 1. The first-order valence-corrected chi connectivity index (χ1v) is 9.31. The molecule has 1 aliphatic heterocycles. The lowest BCUT2D eigenvalue weighted by atomic mass is 9.82. The molecule has 3 aromatic rings. The number of rotatable bonds is 2. The van der Waals surface area contributed by atoms with E-state index in [9.17, 15) is 15.4 Å². The number of benzene rings is 3. The topological polar surface area (TPSA) is 102 Å². The molecule has 0 bridgehead atoms. The van der Waals surface area contributed by atoms with E-state index < -0.39 is 10.8 Å². The molecule has 1 aliphatic rings. The standard InChI is InChI=1S/C20H11BrClN3O3/c21-13-3-1-10-8-18-14(6-12(10)5-13)19(15(9-23)20(24)28-18)11-2-4-16(22)17(7-11)25(26)27/h1-8,19H,24H2/t19-/m0/s1. The van der Waals surface area contributed by atoms with Gasteiger partial charge in [-0.3, -0.25) is 10.1 Å². The molecule has 8 heteroatoms. The van der Waals surface area contributed by atoms with Crippen molar-refractivity contribution in [2.75, 3.05) is 0 Å². The fourth-order valence-electron chi connectivity index (χ4n) is 3.37. The summed E-state index contributed by atoms with van der Waals surface area (Å²) in [6.45, 7) is 0. The first-order chi connectivity index (χ1) is 13.4. The molecule has 28 heavy (non-hydrogen) atoms. The maximum atomic E-state index is 11.3. The molecule has 0 radical (unpaired) electrons. The van der Waals surface area contributed by atoms with Gasteiger partial charge in [-0.05, 0) is 46.7 Å². The van der Waals surface area contributed by atoms with Crippen LogP contribution in [0.25, 0.3) is 10.8 Å². The highest BCUT2D eigenvalue weighted by molar-refractivity contribution is 9.10. The Bertz CT molecular complexity index is 1230. The van der Waals surface area contributed by atoms with Crippen LogP contribution < -0.4 is 10.5 Å². The van der Waals surface area contributed by atoms with Gasteiger partial charge in [0.2, 0.25) is 5.88 Å². The van der Waals surface area contributed by atoms with Crippen molar-refractivity contribution >= 4 is 44.0 Å². The van der Waals surface area contributed by atoms with Gasteiger partial charge >= 0.3 is 0 Å². The van der Waals surface area contributed by atoms with E-state index in [2.05, 4.69) is 22.0 Å². The molecule has 1 atom stereocenters. The van der Waals surface area contributed by atoms with Crippen LogP contribution in [0.4, 0.5) is 5.69 Å². The van der Waals surface area contributed by atoms with Gasteiger partial charge in [-0.1, -0.05) is 39.7 Å². The Morgan fingerprint density at radius 1 is 1.18 bits per heavy atom. The lowest BCUT2D eigenvalue weighted by Crippen LogP contribution is -2.21. The van der Waals surface area contributed by atoms with Gasteiger partial charge in [0.15, 0.2) is 0 Å². The van der Waals surface area contributed by atoms with Crippen molar-refractivity contribution < 1.29 is 9.66 Å². The zero-order valence-electron chi connectivity index (χ0n) is 14.1. The van der Waals surface area contributed by atoms with Crippen LogP contribution in [0.2, 0.25) is 5.02 Å². The van der Waals surface area contributed by atoms with Gasteiger partial charge in [0.25, 0.3) is 5.69 Å². The molecular weight excluding hydrogens is 446 g/mol. The van der Waals surface area contributed by atoms with E-state index in [-0.39, 0.29) is 22.2 Å². The summed E-state index contributed by atoms with van der Waals surface area (Å²) in [6, 6.07) is 16.1. The van der Waals surface area contributed by atoms with Gasteiger partial charge in [-0.15, -0.1) is 0 Å². The molecule has 0 amide bonds. The first-order valence-electron chi connectivity index (χ1n) is 8.13. The maximum Gasteiger partial charge on any atom is 0.288 e. The number of nitro benzene ring substituents is 1. The molecule has 0 spiro atoms. The minimum Gasteiger partial charge on any atom is -0.440 e. The predicted molar refractivity (Wildman–Crippen MR) is 109 cm³/mol. The third-order valence-electron chi connectivity index (χ3n) is 4.64. The summed E-state index contributed by atoms with van der Waals surface area (Å²) in [5.74, 6) is -0.115. The minimum atomic E-state index is -0.604. The Labute approximate surface area is 173 Å². The third-order valence-corrected chi connectivity index (χ3v) is 5.45. The first kappa shape index (κ1) is 18.3.